The van der Waals surface area contributed by atoms with E-state index in [9.17, 15) is 0 Å². The lowest BCUT2D eigenvalue weighted by Gasteiger charge is -2.15. The minimum absolute atomic E-state index is 0.102. The molecule has 16 heavy (non-hydrogen) atoms. The molecule has 0 atom stereocenters. The number of methoxy groups -OCH3 is 1. The standard InChI is InChI=1S/C13H18O3/c1-5-11-6-7-12(15-9-14-4)13(8-11)16-10(2)3/h5-8,10H,1,9H2,2-4H3. The summed E-state index contributed by atoms with van der Waals surface area (Å²) in [6.07, 6.45) is 1.87. The van der Waals surface area contributed by atoms with Gasteiger partial charge in [0.05, 0.1) is 6.10 Å². The van der Waals surface area contributed by atoms with Gasteiger partial charge in [0.15, 0.2) is 18.3 Å². The van der Waals surface area contributed by atoms with E-state index in [4.69, 9.17) is 14.2 Å². The van der Waals surface area contributed by atoms with Gasteiger partial charge in [0, 0.05) is 7.11 Å². The van der Waals surface area contributed by atoms with Gasteiger partial charge in [-0.05, 0) is 31.5 Å². The zero-order valence-electron chi connectivity index (χ0n) is 10.0. The van der Waals surface area contributed by atoms with Crippen molar-refractivity contribution in [2.45, 2.75) is 20.0 Å². The summed E-state index contributed by atoms with van der Waals surface area (Å²) in [6, 6.07) is 5.68. The van der Waals surface area contributed by atoms with E-state index in [2.05, 4.69) is 6.58 Å². The molecule has 0 saturated heterocycles. The Kier molecular flexibility index (Phi) is 4.86. The van der Waals surface area contributed by atoms with Crippen molar-refractivity contribution >= 4 is 6.08 Å². The molecule has 0 aliphatic carbocycles. The Balaban J connectivity index is 2.91. The monoisotopic (exact) mass is 222 g/mol. The van der Waals surface area contributed by atoms with E-state index in [0.29, 0.717) is 11.5 Å². The molecule has 0 heterocycles. The van der Waals surface area contributed by atoms with Crippen LogP contribution in [0.3, 0.4) is 0 Å². The molecule has 0 unspecified atom stereocenters. The molecular weight excluding hydrogens is 204 g/mol. The first kappa shape index (κ1) is 12.6. The van der Waals surface area contributed by atoms with E-state index in [0.717, 1.165) is 5.56 Å². The van der Waals surface area contributed by atoms with Gasteiger partial charge in [-0.25, -0.2) is 0 Å². The highest BCUT2D eigenvalue weighted by atomic mass is 16.7. The molecule has 0 fully saturated rings. The smallest absolute Gasteiger partial charge is 0.188 e. The third kappa shape index (κ3) is 3.59. The van der Waals surface area contributed by atoms with Crippen LogP contribution in [0.1, 0.15) is 19.4 Å². The van der Waals surface area contributed by atoms with Crippen molar-refractivity contribution in [1.82, 2.24) is 0 Å². The van der Waals surface area contributed by atoms with Crippen LogP contribution in [0.5, 0.6) is 11.5 Å². The molecule has 0 amide bonds. The van der Waals surface area contributed by atoms with E-state index in [-0.39, 0.29) is 12.9 Å². The second-order valence-electron chi connectivity index (χ2n) is 3.63. The predicted molar refractivity (Wildman–Crippen MR) is 64.8 cm³/mol. The van der Waals surface area contributed by atoms with Crippen LogP contribution in [0.25, 0.3) is 6.08 Å². The third-order valence-corrected chi connectivity index (χ3v) is 1.90. The van der Waals surface area contributed by atoms with Gasteiger partial charge in [-0.3, -0.25) is 0 Å². The highest BCUT2D eigenvalue weighted by Crippen LogP contribution is 2.29. The maximum Gasteiger partial charge on any atom is 0.188 e. The first-order valence-corrected chi connectivity index (χ1v) is 5.22. The van der Waals surface area contributed by atoms with E-state index in [1.807, 2.05) is 32.0 Å². The topological polar surface area (TPSA) is 27.7 Å². The molecule has 3 nitrogen and oxygen atoms in total. The van der Waals surface area contributed by atoms with Crippen LogP contribution in [0, 0.1) is 0 Å². The molecule has 1 aromatic rings. The van der Waals surface area contributed by atoms with E-state index in [1.165, 1.54) is 0 Å². The average Bonchev–Trinajstić information content (AvgIpc) is 2.26. The Hall–Kier alpha value is -1.48. The number of rotatable bonds is 6. The van der Waals surface area contributed by atoms with Crippen molar-refractivity contribution in [1.29, 1.82) is 0 Å². The van der Waals surface area contributed by atoms with Crippen molar-refractivity contribution in [3.8, 4) is 11.5 Å². The van der Waals surface area contributed by atoms with Crippen molar-refractivity contribution < 1.29 is 14.2 Å². The lowest BCUT2D eigenvalue weighted by molar-refractivity contribution is 0.0477. The molecule has 0 aromatic heterocycles. The van der Waals surface area contributed by atoms with Gasteiger partial charge in [-0.1, -0.05) is 18.7 Å². The lowest BCUT2D eigenvalue weighted by atomic mass is 10.2. The van der Waals surface area contributed by atoms with Crippen molar-refractivity contribution in [3.05, 3.63) is 30.3 Å². The maximum atomic E-state index is 5.66. The second-order valence-corrected chi connectivity index (χ2v) is 3.63. The van der Waals surface area contributed by atoms with E-state index >= 15 is 0 Å². The predicted octanol–water partition coefficient (Wildman–Crippen LogP) is 3.10. The fraction of sp³-hybridized carbons (Fsp3) is 0.385. The fourth-order valence-electron chi connectivity index (χ4n) is 1.24. The molecule has 0 radical (unpaired) electrons. The van der Waals surface area contributed by atoms with Crippen molar-refractivity contribution in [3.63, 3.8) is 0 Å². The molecular formula is C13H18O3. The van der Waals surface area contributed by atoms with E-state index in [1.54, 1.807) is 13.2 Å². The van der Waals surface area contributed by atoms with Gasteiger partial charge in [-0.2, -0.15) is 0 Å². The van der Waals surface area contributed by atoms with Gasteiger partial charge >= 0.3 is 0 Å². The summed E-state index contributed by atoms with van der Waals surface area (Å²) in [5, 5.41) is 0. The quantitative estimate of drug-likeness (QED) is 0.692. The Morgan fingerprint density at radius 1 is 1.31 bits per heavy atom. The number of hydrogen-bond acceptors (Lipinski definition) is 3. The lowest BCUT2D eigenvalue weighted by Crippen LogP contribution is -2.08. The van der Waals surface area contributed by atoms with Crippen LogP contribution in [-0.4, -0.2) is 20.0 Å². The zero-order chi connectivity index (χ0) is 12.0. The van der Waals surface area contributed by atoms with Gasteiger partial charge in [0.2, 0.25) is 0 Å². The van der Waals surface area contributed by atoms with Crippen LogP contribution >= 0.6 is 0 Å². The highest BCUT2D eigenvalue weighted by Gasteiger charge is 2.07. The number of benzene rings is 1. The molecule has 88 valence electrons. The molecule has 0 spiro atoms. The van der Waals surface area contributed by atoms with Crippen LogP contribution in [0.15, 0.2) is 24.8 Å². The Morgan fingerprint density at radius 2 is 2.06 bits per heavy atom. The summed E-state index contributed by atoms with van der Waals surface area (Å²) < 4.78 is 15.9. The highest BCUT2D eigenvalue weighted by molar-refractivity contribution is 5.54. The number of hydrogen-bond donors (Lipinski definition) is 0. The SMILES string of the molecule is C=Cc1ccc(OCOC)c(OC(C)C)c1. The summed E-state index contributed by atoms with van der Waals surface area (Å²) in [6.45, 7) is 7.88. The molecule has 0 bridgehead atoms. The second kappa shape index (κ2) is 6.18. The molecule has 0 aliphatic heterocycles. The minimum Gasteiger partial charge on any atom is -0.487 e. The fourth-order valence-corrected chi connectivity index (χ4v) is 1.24. The average molecular weight is 222 g/mol. The van der Waals surface area contributed by atoms with Gasteiger partial charge in [0.1, 0.15) is 0 Å². The van der Waals surface area contributed by atoms with Crippen molar-refractivity contribution in [2.75, 3.05) is 13.9 Å². The summed E-state index contributed by atoms with van der Waals surface area (Å²) in [7, 11) is 1.58. The van der Waals surface area contributed by atoms with Crippen LogP contribution < -0.4 is 9.47 Å². The Morgan fingerprint density at radius 3 is 2.62 bits per heavy atom. The van der Waals surface area contributed by atoms with Crippen molar-refractivity contribution in [2.24, 2.45) is 0 Å². The van der Waals surface area contributed by atoms with Crippen LogP contribution in [0.4, 0.5) is 0 Å². The summed E-state index contributed by atoms with van der Waals surface area (Å²) >= 11 is 0. The first-order valence-electron chi connectivity index (χ1n) is 5.22. The normalized spacial score (nSPS) is 10.2. The minimum atomic E-state index is 0.102. The molecule has 0 N–H and O–H groups in total. The van der Waals surface area contributed by atoms with Crippen LogP contribution in [0.2, 0.25) is 0 Å². The molecule has 1 rings (SSSR count). The third-order valence-electron chi connectivity index (χ3n) is 1.90. The Bertz CT molecular complexity index is 345. The van der Waals surface area contributed by atoms with Gasteiger partial charge in [0.25, 0.3) is 0 Å². The molecule has 0 aliphatic rings. The first-order chi connectivity index (χ1) is 7.67. The molecule has 1 aromatic carbocycles. The number of ether oxygens (including phenoxy) is 3. The molecule has 3 heteroatoms. The zero-order valence-corrected chi connectivity index (χ0v) is 10.0. The summed E-state index contributed by atoms with van der Waals surface area (Å²) in [4.78, 5) is 0. The maximum absolute atomic E-state index is 5.66. The largest absolute Gasteiger partial charge is 0.487 e. The molecule has 0 saturated carbocycles. The summed E-state index contributed by atoms with van der Waals surface area (Å²) in [5.41, 5.74) is 1.00. The van der Waals surface area contributed by atoms with Gasteiger partial charge in [-0.15, -0.1) is 0 Å². The van der Waals surface area contributed by atoms with E-state index < -0.39 is 0 Å². The van der Waals surface area contributed by atoms with Gasteiger partial charge < -0.3 is 14.2 Å². The summed E-state index contributed by atoms with van der Waals surface area (Å²) in [5.74, 6) is 1.39. The Labute approximate surface area is 96.6 Å². The van der Waals surface area contributed by atoms with Crippen LogP contribution in [-0.2, 0) is 4.74 Å².